The van der Waals surface area contributed by atoms with Gasteiger partial charge < -0.3 is 9.88 Å². The molecule has 0 aliphatic carbocycles. The van der Waals surface area contributed by atoms with Crippen LogP contribution in [0.4, 0.5) is 13.2 Å². The predicted molar refractivity (Wildman–Crippen MR) is 66.9 cm³/mol. The second-order valence-corrected chi connectivity index (χ2v) is 5.33. The number of piperazine rings is 1. The maximum Gasteiger partial charge on any atom is 0.401 e. The van der Waals surface area contributed by atoms with Crippen LogP contribution in [0.2, 0.25) is 0 Å². The van der Waals surface area contributed by atoms with E-state index in [2.05, 4.69) is 20.9 Å². The summed E-state index contributed by atoms with van der Waals surface area (Å²) in [4.78, 5) is 17.7. The molecular formula is C11H13BrF3N3O. The molecule has 1 fully saturated rings. The van der Waals surface area contributed by atoms with Crippen LogP contribution in [0, 0.1) is 0 Å². The summed E-state index contributed by atoms with van der Waals surface area (Å²) in [6.45, 7) is 0.195. The number of amides is 1. The average Bonchev–Trinajstić information content (AvgIpc) is 2.74. The van der Waals surface area contributed by atoms with E-state index in [0.29, 0.717) is 18.8 Å². The molecule has 19 heavy (non-hydrogen) atoms. The van der Waals surface area contributed by atoms with E-state index < -0.39 is 12.7 Å². The maximum atomic E-state index is 12.2. The Bertz CT molecular complexity index is 452. The second-order valence-electron chi connectivity index (χ2n) is 4.42. The first-order chi connectivity index (χ1) is 8.85. The van der Waals surface area contributed by atoms with Gasteiger partial charge in [-0.15, -0.1) is 0 Å². The van der Waals surface area contributed by atoms with Gasteiger partial charge in [-0.3, -0.25) is 9.69 Å². The SMILES string of the molecule is O=C(c1cc(Br)c[nH]1)N1CCN(CC(F)(F)F)CC1. The Morgan fingerprint density at radius 2 is 1.95 bits per heavy atom. The summed E-state index contributed by atoms with van der Waals surface area (Å²) in [6.07, 6.45) is -2.54. The zero-order valence-electron chi connectivity index (χ0n) is 10.0. The molecule has 0 aromatic carbocycles. The predicted octanol–water partition coefficient (Wildman–Crippen LogP) is 2.10. The van der Waals surface area contributed by atoms with Crippen molar-refractivity contribution in [3.8, 4) is 0 Å². The molecule has 8 heteroatoms. The minimum Gasteiger partial charge on any atom is -0.356 e. The van der Waals surface area contributed by atoms with Gasteiger partial charge in [0.1, 0.15) is 5.69 Å². The number of hydrogen-bond donors (Lipinski definition) is 1. The Morgan fingerprint density at radius 1 is 1.32 bits per heavy atom. The summed E-state index contributed by atoms with van der Waals surface area (Å²) < 4.78 is 37.5. The average molecular weight is 340 g/mol. The Morgan fingerprint density at radius 3 is 2.42 bits per heavy atom. The highest BCUT2D eigenvalue weighted by molar-refractivity contribution is 9.10. The number of nitrogens with zero attached hydrogens (tertiary/aromatic N) is 2. The van der Waals surface area contributed by atoms with Crippen LogP contribution in [-0.2, 0) is 0 Å². The molecule has 0 unspecified atom stereocenters. The summed E-state index contributed by atoms with van der Waals surface area (Å²) in [5.74, 6) is -0.183. The van der Waals surface area contributed by atoms with E-state index in [0.717, 1.165) is 4.47 Å². The fourth-order valence-corrected chi connectivity index (χ4v) is 2.37. The molecule has 0 saturated carbocycles. The molecule has 0 spiro atoms. The number of hydrogen-bond acceptors (Lipinski definition) is 2. The van der Waals surface area contributed by atoms with Crippen molar-refractivity contribution >= 4 is 21.8 Å². The van der Waals surface area contributed by atoms with E-state index in [4.69, 9.17) is 0 Å². The zero-order chi connectivity index (χ0) is 14.0. The van der Waals surface area contributed by atoms with Crippen molar-refractivity contribution in [2.24, 2.45) is 0 Å². The Labute approximate surface area is 116 Å². The number of rotatable bonds is 2. The standard InChI is InChI=1S/C11H13BrF3N3O/c12-8-5-9(16-6-8)10(19)18-3-1-17(2-4-18)7-11(13,14)15/h5-6,16H,1-4,7H2. The van der Waals surface area contributed by atoms with E-state index in [1.165, 1.54) is 4.90 Å². The minimum atomic E-state index is -4.18. The number of aromatic amines is 1. The van der Waals surface area contributed by atoms with Crippen LogP contribution in [0.3, 0.4) is 0 Å². The van der Waals surface area contributed by atoms with Crippen molar-refractivity contribution in [2.75, 3.05) is 32.7 Å². The van der Waals surface area contributed by atoms with Gasteiger partial charge in [-0.1, -0.05) is 0 Å². The highest BCUT2D eigenvalue weighted by Crippen LogP contribution is 2.18. The molecule has 1 aliphatic heterocycles. The normalized spacial score (nSPS) is 17.8. The summed E-state index contributed by atoms with van der Waals surface area (Å²) in [5.41, 5.74) is 0.441. The molecule has 1 amide bonds. The van der Waals surface area contributed by atoms with Crippen LogP contribution in [-0.4, -0.2) is 59.6 Å². The van der Waals surface area contributed by atoms with Crippen molar-refractivity contribution in [2.45, 2.75) is 6.18 Å². The highest BCUT2D eigenvalue weighted by Gasteiger charge is 2.33. The zero-order valence-corrected chi connectivity index (χ0v) is 11.6. The molecule has 4 nitrogen and oxygen atoms in total. The Balaban J connectivity index is 1.88. The number of alkyl halides is 3. The van der Waals surface area contributed by atoms with Crippen LogP contribution in [0.25, 0.3) is 0 Å². The molecule has 2 heterocycles. The van der Waals surface area contributed by atoms with Crippen molar-refractivity contribution in [3.63, 3.8) is 0 Å². The van der Waals surface area contributed by atoms with E-state index in [-0.39, 0.29) is 19.0 Å². The molecule has 1 aromatic rings. The van der Waals surface area contributed by atoms with Crippen molar-refractivity contribution < 1.29 is 18.0 Å². The van der Waals surface area contributed by atoms with Crippen LogP contribution in [0.1, 0.15) is 10.5 Å². The molecule has 1 aromatic heterocycles. The molecule has 1 saturated heterocycles. The molecular weight excluding hydrogens is 327 g/mol. The fourth-order valence-electron chi connectivity index (χ4n) is 2.02. The third-order valence-corrected chi connectivity index (χ3v) is 3.40. The third-order valence-electron chi connectivity index (χ3n) is 2.94. The van der Waals surface area contributed by atoms with Gasteiger partial charge in [0.05, 0.1) is 6.54 Å². The van der Waals surface area contributed by atoms with Crippen molar-refractivity contribution in [1.29, 1.82) is 0 Å². The molecule has 1 aliphatic rings. The third kappa shape index (κ3) is 3.97. The van der Waals surface area contributed by atoms with Crippen molar-refractivity contribution in [1.82, 2.24) is 14.8 Å². The lowest BCUT2D eigenvalue weighted by Gasteiger charge is -2.34. The molecule has 0 bridgehead atoms. The lowest BCUT2D eigenvalue weighted by molar-refractivity contribution is -0.148. The second kappa shape index (κ2) is 5.54. The largest absolute Gasteiger partial charge is 0.401 e. The van der Waals surface area contributed by atoms with E-state index >= 15 is 0 Å². The number of aromatic nitrogens is 1. The van der Waals surface area contributed by atoms with E-state index in [1.807, 2.05) is 0 Å². The van der Waals surface area contributed by atoms with Crippen LogP contribution < -0.4 is 0 Å². The topological polar surface area (TPSA) is 39.3 Å². The molecule has 2 rings (SSSR count). The van der Waals surface area contributed by atoms with Crippen LogP contribution in [0.5, 0.6) is 0 Å². The Hall–Kier alpha value is -1.02. The van der Waals surface area contributed by atoms with Gasteiger partial charge in [0, 0.05) is 36.8 Å². The van der Waals surface area contributed by atoms with Crippen molar-refractivity contribution in [3.05, 3.63) is 22.4 Å². The van der Waals surface area contributed by atoms with Gasteiger partial charge in [-0.25, -0.2) is 0 Å². The van der Waals surface area contributed by atoms with Gasteiger partial charge in [0.2, 0.25) is 0 Å². The quantitative estimate of drug-likeness (QED) is 0.896. The summed E-state index contributed by atoms with van der Waals surface area (Å²) in [6, 6.07) is 1.66. The lowest BCUT2D eigenvalue weighted by atomic mass is 10.2. The van der Waals surface area contributed by atoms with E-state index in [9.17, 15) is 18.0 Å². The molecule has 1 N–H and O–H groups in total. The first kappa shape index (κ1) is 14.4. The monoisotopic (exact) mass is 339 g/mol. The number of nitrogens with one attached hydrogen (secondary N) is 1. The van der Waals surface area contributed by atoms with E-state index in [1.54, 1.807) is 17.2 Å². The smallest absolute Gasteiger partial charge is 0.356 e. The van der Waals surface area contributed by atoms with Gasteiger partial charge in [0.25, 0.3) is 5.91 Å². The van der Waals surface area contributed by atoms with Crippen LogP contribution in [0.15, 0.2) is 16.7 Å². The first-order valence-corrected chi connectivity index (χ1v) is 6.57. The summed E-state index contributed by atoms with van der Waals surface area (Å²) >= 11 is 3.23. The molecule has 0 atom stereocenters. The minimum absolute atomic E-state index is 0.183. The van der Waals surface area contributed by atoms with Gasteiger partial charge in [-0.2, -0.15) is 13.2 Å². The molecule has 0 radical (unpaired) electrons. The number of H-pyrrole nitrogens is 1. The maximum absolute atomic E-state index is 12.2. The van der Waals surface area contributed by atoms with Gasteiger partial charge >= 0.3 is 6.18 Å². The fraction of sp³-hybridized carbons (Fsp3) is 0.545. The van der Waals surface area contributed by atoms with Gasteiger partial charge in [0.15, 0.2) is 0 Å². The number of carbonyl (C=O) groups is 1. The lowest BCUT2D eigenvalue weighted by Crippen LogP contribution is -2.51. The molecule has 106 valence electrons. The first-order valence-electron chi connectivity index (χ1n) is 5.77. The number of halogens is 4. The number of carbonyl (C=O) groups excluding carboxylic acids is 1. The Kier molecular flexibility index (Phi) is 4.19. The summed E-state index contributed by atoms with van der Waals surface area (Å²) in [5, 5.41) is 0. The van der Waals surface area contributed by atoms with Gasteiger partial charge in [-0.05, 0) is 22.0 Å². The summed E-state index contributed by atoms with van der Waals surface area (Å²) in [7, 11) is 0. The van der Waals surface area contributed by atoms with Crippen LogP contribution >= 0.6 is 15.9 Å². The highest BCUT2D eigenvalue weighted by atomic mass is 79.9.